The van der Waals surface area contributed by atoms with Crippen LogP contribution >= 0.6 is 11.5 Å². The molecule has 0 radical (unpaired) electrons. The number of nitrogens with zero attached hydrogens (tertiary/aromatic N) is 3. The predicted octanol–water partition coefficient (Wildman–Crippen LogP) is 4.67. The van der Waals surface area contributed by atoms with Crippen LogP contribution in [-0.4, -0.2) is 26.8 Å². The van der Waals surface area contributed by atoms with Crippen molar-refractivity contribution in [1.82, 2.24) is 9.36 Å². The third-order valence-electron chi connectivity index (χ3n) is 3.98. The number of nitrogens with one attached hydrogen (secondary N) is 2. The molecule has 2 N–H and O–H groups in total. The van der Waals surface area contributed by atoms with E-state index in [1.807, 2.05) is 6.07 Å². The molecule has 31 heavy (non-hydrogen) atoms. The van der Waals surface area contributed by atoms with E-state index in [2.05, 4.69) is 20.0 Å². The van der Waals surface area contributed by atoms with Gasteiger partial charge in [-0.25, -0.2) is 9.78 Å². The second-order valence-electron chi connectivity index (χ2n) is 7.68. The number of hydrogen-bond donors (Lipinski definition) is 2. The number of hydrogen-bond acceptors (Lipinski definition) is 8. The molecule has 0 spiro atoms. The summed E-state index contributed by atoms with van der Waals surface area (Å²) in [5.41, 5.74) is 1.56. The number of carbonyl (C=O) groups excluding carboxylic acids is 2. The molecule has 0 aliphatic heterocycles. The van der Waals surface area contributed by atoms with Crippen molar-refractivity contribution >= 4 is 39.9 Å². The zero-order valence-electron chi connectivity index (χ0n) is 17.5. The van der Waals surface area contributed by atoms with Gasteiger partial charge >= 0.3 is 5.97 Å². The molecule has 2 heterocycles. The van der Waals surface area contributed by atoms with E-state index in [9.17, 15) is 9.59 Å². The maximum absolute atomic E-state index is 13.0. The molecule has 1 aromatic carbocycles. The van der Waals surface area contributed by atoms with Crippen molar-refractivity contribution in [2.45, 2.75) is 33.3 Å². The fourth-order valence-electron chi connectivity index (χ4n) is 2.63. The van der Waals surface area contributed by atoms with Crippen LogP contribution in [0.2, 0.25) is 0 Å². The first-order valence-electron chi connectivity index (χ1n) is 9.40. The second kappa shape index (κ2) is 8.93. The van der Waals surface area contributed by atoms with Gasteiger partial charge < -0.3 is 15.4 Å². The Kier molecular flexibility index (Phi) is 6.32. The van der Waals surface area contributed by atoms with Gasteiger partial charge in [-0.1, -0.05) is 6.07 Å². The number of aromatic nitrogens is 2. The normalized spacial score (nSPS) is 10.8. The highest BCUT2D eigenvalue weighted by atomic mass is 32.1. The van der Waals surface area contributed by atoms with E-state index in [1.165, 1.54) is 6.20 Å². The number of pyridine rings is 1. The van der Waals surface area contributed by atoms with Gasteiger partial charge in [-0.3, -0.25) is 4.79 Å². The van der Waals surface area contributed by atoms with Crippen LogP contribution in [0.15, 0.2) is 42.6 Å². The minimum Gasteiger partial charge on any atom is -0.456 e. The minimum absolute atomic E-state index is 0.341. The van der Waals surface area contributed by atoms with Crippen LogP contribution in [0.3, 0.4) is 0 Å². The fourth-order valence-corrected chi connectivity index (χ4v) is 3.43. The molecule has 9 heteroatoms. The number of ether oxygens (including phenoxy) is 1. The lowest BCUT2D eigenvalue weighted by molar-refractivity contribution is 0.00694. The molecular weight excluding hydrogens is 414 g/mol. The maximum atomic E-state index is 13.0. The van der Waals surface area contributed by atoms with Crippen LogP contribution in [0, 0.1) is 18.3 Å². The van der Waals surface area contributed by atoms with Gasteiger partial charge in [0.25, 0.3) is 5.91 Å². The lowest BCUT2D eigenvalue weighted by atomic mass is 10.1. The topological polar surface area (TPSA) is 117 Å². The number of carbonyl (C=O) groups is 2. The summed E-state index contributed by atoms with van der Waals surface area (Å²) in [7, 11) is 0. The van der Waals surface area contributed by atoms with Gasteiger partial charge in [0.2, 0.25) is 0 Å². The Hall–Kier alpha value is -3.77. The quantitative estimate of drug-likeness (QED) is 0.559. The first kappa shape index (κ1) is 21.9. The predicted molar refractivity (Wildman–Crippen MR) is 119 cm³/mol. The molecule has 158 valence electrons. The molecule has 0 aliphatic carbocycles. The van der Waals surface area contributed by atoms with Gasteiger partial charge in [0, 0.05) is 11.9 Å². The third-order valence-corrected chi connectivity index (χ3v) is 4.83. The Balaban J connectivity index is 1.78. The number of nitriles is 1. The number of benzene rings is 1. The van der Waals surface area contributed by atoms with Crippen LogP contribution < -0.4 is 10.6 Å². The first-order chi connectivity index (χ1) is 14.7. The van der Waals surface area contributed by atoms with E-state index in [0.29, 0.717) is 38.9 Å². The number of aryl methyl sites for hydroxylation is 1. The van der Waals surface area contributed by atoms with Crippen molar-refractivity contribution in [1.29, 1.82) is 5.26 Å². The van der Waals surface area contributed by atoms with Crippen LogP contribution in [0.25, 0.3) is 0 Å². The summed E-state index contributed by atoms with van der Waals surface area (Å²) in [5, 5.41) is 15.3. The smallest absolute Gasteiger partial charge is 0.338 e. The van der Waals surface area contributed by atoms with E-state index >= 15 is 0 Å². The highest BCUT2D eigenvalue weighted by Crippen LogP contribution is 2.28. The van der Waals surface area contributed by atoms with E-state index in [1.54, 1.807) is 64.1 Å². The molecule has 0 aliphatic rings. The number of amides is 1. The first-order valence-corrected chi connectivity index (χ1v) is 10.2. The fraction of sp³-hybridized carbons (Fsp3) is 0.227. The lowest BCUT2D eigenvalue weighted by Crippen LogP contribution is -2.24. The number of esters is 1. The zero-order chi connectivity index (χ0) is 22.6. The summed E-state index contributed by atoms with van der Waals surface area (Å²) in [6, 6.07) is 11.8. The molecule has 0 fully saturated rings. The highest BCUT2D eigenvalue weighted by Gasteiger charge is 2.21. The van der Waals surface area contributed by atoms with Crippen LogP contribution in [-0.2, 0) is 4.74 Å². The summed E-state index contributed by atoms with van der Waals surface area (Å²) >= 11 is 1.13. The molecule has 8 nitrogen and oxygen atoms in total. The molecule has 0 saturated heterocycles. The SMILES string of the molecule is Cc1nsc(Nc2ccc(C#N)cn2)c1C(=O)Nc1cccc(C(=O)OC(C)(C)C)c1. The van der Waals surface area contributed by atoms with Crippen molar-refractivity contribution < 1.29 is 14.3 Å². The standard InChI is InChI=1S/C22H21N5O3S/c1-13-18(20(31-27-13)26-17-9-8-14(11-23)12-24-17)19(28)25-16-7-5-6-15(10-16)21(29)30-22(2,3)4/h5-10,12H,1-4H3,(H,24,26)(H,25,28). The van der Waals surface area contributed by atoms with Crippen molar-refractivity contribution in [3.8, 4) is 6.07 Å². The average molecular weight is 436 g/mol. The Morgan fingerprint density at radius 2 is 1.97 bits per heavy atom. The summed E-state index contributed by atoms with van der Waals surface area (Å²) in [4.78, 5) is 29.4. The average Bonchev–Trinajstić information content (AvgIpc) is 3.07. The number of rotatable bonds is 5. The summed E-state index contributed by atoms with van der Waals surface area (Å²) in [5.74, 6) is -0.349. The Bertz CT molecular complexity index is 1160. The largest absolute Gasteiger partial charge is 0.456 e. The van der Waals surface area contributed by atoms with Gasteiger partial charge in [0.1, 0.15) is 22.5 Å². The van der Waals surface area contributed by atoms with Crippen molar-refractivity contribution in [3.05, 3.63) is 65.0 Å². The Labute approximate surface area is 184 Å². The van der Waals surface area contributed by atoms with Gasteiger partial charge in [-0.15, -0.1) is 0 Å². The van der Waals surface area contributed by atoms with Crippen LogP contribution in [0.1, 0.15) is 52.7 Å². The molecule has 0 atom stereocenters. The molecule has 1 amide bonds. The van der Waals surface area contributed by atoms with Crippen molar-refractivity contribution in [2.24, 2.45) is 0 Å². The Morgan fingerprint density at radius 3 is 2.61 bits per heavy atom. The van der Waals surface area contributed by atoms with Gasteiger partial charge in [0.15, 0.2) is 0 Å². The highest BCUT2D eigenvalue weighted by molar-refractivity contribution is 7.10. The summed E-state index contributed by atoms with van der Waals surface area (Å²) < 4.78 is 9.64. The molecule has 2 aromatic heterocycles. The van der Waals surface area contributed by atoms with E-state index in [-0.39, 0.29) is 5.91 Å². The molecule has 3 rings (SSSR count). The molecule has 0 bridgehead atoms. The molecule has 0 unspecified atom stereocenters. The van der Waals surface area contributed by atoms with Gasteiger partial charge in [0.05, 0.1) is 22.4 Å². The summed E-state index contributed by atoms with van der Waals surface area (Å²) in [6.07, 6.45) is 1.44. The Morgan fingerprint density at radius 1 is 1.19 bits per heavy atom. The molecule has 3 aromatic rings. The van der Waals surface area contributed by atoms with E-state index < -0.39 is 11.6 Å². The minimum atomic E-state index is -0.615. The van der Waals surface area contributed by atoms with Crippen LogP contribution in [0.5, 0.6) is 0 Å². The van der Waals surface area contributed by atoms with Crippen molar-refractivity contribution in [2.75, 3.05) is 10.6 Å². The van der Waals surface area contributed by atoms with Gasteiger partial charge in [-0.05, 0) is 69.6 Å². The van der Waals surface area contributed by atoms with Crippen LogP contribution in [0.4, 0.5) is 16.5 Å². The van der Waals surface area contributed by atoms with E-state index in [0.717, 1.165) is 11.5 Å². The van der Waals surface area contributed by atoms with E-state index in [4.69, 9.17) is 10.00 Å². The lowest BCUT2D eigenvalue weighted by Gasteiger charge is -2.19. The zero-order valence-corrected chi connectivity index (χ0v) is 18.3. The number of anilines is 3. The summed E-state index contributed by atoms with van der Waals surface area (Å²) in [6.45, 7) is 7.11. The third kappa shape index (κ3) is 5.65. The molecular formula is C22H21N5O3S. The van der Waals surface area contributed by atoms with Crippen molar-refractivity contribution in [3.63, 3.8) is 0 Å². The second-order valence-corrected chi connectivity index (χ2v) is 8.45. The van der Waals surface area contributed by atoms with Gasteiger partial charge in [-0.2, -0.15) is 9.64 Å². The monoisotopic (exact) mass is 435 g/mol. The maximum Gasteiger partial charge on any atom is 0.338 e. The molecule has 0 saturated carbocycles.